The van der Waals surface area contributed by atoms with Gasteiger partial charge in [-0.05, 0) is 18.9 Å². The van der Waals surface area contributed by atoms with Gasteiger partial charge in [-0.15, -0.1) is 0 Å². The lowest BCUT2D eigenvalue weighted by atomic mass is 9.84. The lowest BCUT2D eigenvalue weighted by Crippen LogP contribution is -2.48. The van der Waals surface area contributed by atoms with Crippen molar-refractivity contribution in [1.29, 1.82) is 0 Å². The van der Waals surface area contributed by atoms with E-state index in [4.69, 9.17) is 4.74 Å². The summed E-state index contributed by atoms with van der Waals surface area (Å²) in [5.74, 6) is 0.196. The Morgan fingerprint density at radius 2 is 1.48 bits per heavy atom. The zero-order chi connectivity index (χ0) is 15.8. The first-order valence-corrected chi connectivity index (χ1v) is 11.5. The molecule has 2 rings (SSSR count). The fraction of sp³-hybridized carbons (Fsp3) is 1.00. The van der Waals surface area contributed by atoms with Gasteiger partial charge in [0.25, 0.3) is 0 Å². The first-order chi connectivity index (χ1) is 9.80. The summed E-state index contributed by atoms with van der Waals surface area (Å²) in [6.45, 7) is 14.2. The van der Waals surface area contributed by atoms with Crippen molar-refractivity contribution in [1.82, 2.24) is 0 Å². The lowest BCUT2D eigenvalue weighted by Gasteiger charge is -2.45. The summed E-state index contributed by atoms with van der Waals surface area (Å²) >= 11 is 0. The van der Waals surface area contributed by atoms with Crippen LogP contribution < -0.4 is 0 Å². The number of rotatable bonds is 5. The predicted molar refractivity (Wildman–Crippen MR) is 91.4 cm³/mol. The highest BCUT2D eigenvalue weighted by atomic mass is 28.3. The number of hydrogen-bond acceptors (Lipinski definition) is 1. The molecule has 0 bridgehead atoms. The minimum Gasteiger partial charge on any atom is -0.372 e. The van der Waals surface area contributed by atoms with Crippen molar-refractivity contribution in [3.05, 3.63) is 0 Å². The number of halogens is 1. The molecule has 0 N–H and O–H groups in total. The molecule has 2 aliphatic rings. The molecule has 124 valence electrons. The Labute approximate surface area is 132 Å². The van der Waals surface area contributed by atoms with E-state index in [1.54, 1.807) is 0 Å². The van der Waals surface area contributed by atoms with Gasteiger partial charge in [-0.2, -0.15) is 0 Å². The number of fused-ring (bicyclic) bond motifs is 1. The van der Waals surface area contributed by atoms with Crippen LogP contribution in [0.1, 0.15) is 67.2 Å². The standard InChI is InChI=1S/C18H35FOSi/c1-12(2)21(13(3)4,14(5)6)11-17-18(19)15-9-7-8-10-16(15)20-17/h12-18H,7-11H2,1-6H3/t15-,16+,17-,18-/m1/s1. The van der Waals surface area contributed by atoms with E-state index >= 15 is 0 Å². The van der Waals surface area contributed by atoms with Gasteiger partial charge < -0.3 is 4.74 Å². The Bertz CT molecular complexity index is 320. The van der Waals surface area contributed by atoms with Crippen LogP contribution in [0.4, 0.5) is 4.39 Å². The van der Waals surface area contributed by atoms with Gasteiger partial charge >= 0.3 is 0 Å². The maximum atomic E-state index is 14.9. The minimum atomic E-state index is -1.56. The van der Waals surface area contributed by atoms with Crippen LogP contribution in [0.25, 0.3) is 0 Å². The summed E-state index contributed by atoms with van der Waals surface area (Å²) in [4.78, 5) is 0. The molecule has 0 amide bonds. The Morgan fingerprint density at radius 3 is 1.95 bits per heavy atom. The van der Waals surface area contributed by atoms with Crippen molar-refractivity contribution in [2.24, 2.45) is 5.92 Å². The molecule has 1 aliphatic carbocycles. The van der Waals surface area contributed by atoms with Gasteiger partial charge in [-0.1, -0.05) is 71.0 Å². The Balaban J connectivity index is 2.17. The molecule has 2 fully saturated rings. The van der Waals surface area contributed by atoms with Crippen LogP contribution in [0.3, 0.4) is 0 Å². The second-order valence-corrected chi connectivity index (χ2v) is 14.5. The van der Waals surface area contributed by atoms with Gasteiger partial charge in [0.15, 0.2) is 0 Å². The van der Waals surface area contributed by atoms with Crippen molar-refractivity contribution < 1.29 is 9.13 Å². The summed E-state index contributed by atoms with van der Waals surface area (Å²) < 4.78 is 21.2. The molecule has 0 unspecified atom stereocenters. The van der Waals surface area contributed by atoms with Crippen LogP contribution in [0.15, 0.2) is 0 Å². The molecule has 1 saturated carbocycles. The van der Waals surface area contributed by atoms with Crippen molar-refractivity contribution >= 4 is 8.07 Å². The molecule has 0 aromatic carbocycles. The number of ether oxygens (including phenoxy) is 1. The van der Waals surface area contributed by atoms with Crippen LogP contribution in [0.2, 0.25) is 22.7 Å². The normalized spacial score (nSPS) is 34.0. The Morgan fingerprint density at radius 1 is 0.952 bits per heavy atom. The SMILES string of the molecule is CC(C)[Si](C[C@H]1O[C@H]2CCCC[C@H]2[C@H]1F)(C(C)C)C(C)C. The molecule has 1 heterocycles. The third kappa shape index (κ3) is 3.10. The molecule has 0 radical (unpaired) electrons. The monoisotopic (exact) mass is 314 g/mol. The number of hydrogen-bond donors (Lipinski definition) is 0. The first-order valence-electron chi connectivity index (χ1n) is 9.10. The van der Waals surface area contributed by atoms with Gasteiger partial charge in [0.2, 0.25) is 0 Å². The van der Waals surface area contributed by atoms with Crippen molar-refractivity contribution in [3.8, 4) is 0 Å². The second-order valence-electron chi connectivity index (χ2n) is 8.39. The molecular weight excluding hydrogens is 279 g/mol. The summed E-state index contributed by atoms with van der Waals surface area (Å²) in [7, 11) is -1.56. The van der Waals surface area contributed by atoms with Gasteiger partial charge in [0.1, 0.15) is 6.17 Å². The van der Waals surface area contributed by atoms with E-state index in [0.717, 1.165) is 18.9 Å². The fourth-order valence-corrected chi connectivity index (χ4v) is 11.9. The Kier molecular flexibility index (Phi) is 5.57. The van der Waals surface area contributed by atoms with E-state index in [0.29, 0.717) is 16.6 Å². The topological polar surface area (TPSA) is 9.23 Å². The molecule has 1 saturated heterocycles. The van der Waals surface area contributed by atoms with Crippen LogP contribution >= 0.6 is 0 Å². The molecule has 0 spiro atoms. The lowest BCUT2D eigenvalue weighted by molar-refractivity contribution is 0.0220. The summed E-state index contributed by atoms with van der Waals surface area (Å²) in [6.07, 6.45) is 3.94. The van der Waals surface area contributed by atoms with E-state index in [9.17, 15) is 4.39 Å². The third-order valence-electron chi connectivity index (χ3n) is 6.65. The molecule has 3 heteroatoms. The molecule has 21 heavy (non-hydrogen) atoms. The van der Waals surface area contributed by atoms with Gasteiger partial charge in [0.05, 0.1) is 20.3 Å². The largest absolute Gasteiger partial charge is 0.372 e. The molecule has 0 aromatic heterocycles. The van der Waals surface area contributed by atoms with E-state index in [-0.39, 0.29) is 18.1 Å². The summed E-state index contributed by atoms with van der Waals surface area (Å²) in [5.41, 5.74) is 2.07. The highest BCUT2D eigenvalue weighted by molar-refractivity contribution is 6.83. The average molecular weight is 315 g/mol. The van der Waals surface area contributed by atoms with Crippen LogP contribution in [-0.4, -0.2) is 26.5 Å². The van der Waals surface area contributed by atoms with E-state index in [1.165, 1.54) is 12.8 Å². The molecule has 1 aliphatic heterocycles. The zero-order valence-electron chi connectivity index (χ0n) is 14.9. The smallest absolute Gasteiger partial charge is 0.131 e. The highest BCUT2D eigenvalue weighted by Gasteiger charge is 2.51. The minimum absolute atomic E-state index is 0.114. The average Bonchev–Trinajstić information content (AvgIpc) is 2.72. The summed E-state index contributed by atoms with van der Waals surface area (Å²) in [6, 6.07) is 1.02. The maximum absolute atomic E-state index is 14.9. The molecule has 4 atom stereocenters. The van der Waals surface area contributed by atoms with Gasteiger partial charge in [-0.3, -0.25) is 0 Å². The third-order valence-corrected chi connectivity index (χ3v) is 14.2. The molecular formula is C18H35FOSi. The van der Waals surface area contributed by atoms with E-state index in [2.05, 4.69) is 41.5 Å². The summed E-state index contributed by atoms with van der Waals surface area (Å²) in [5, 5.41) is 0. The van der Waals surface area contributed by atoms with Crippen molar-refractivity contribution in [3.63, 3.8) is 0 Å². The second kappa shape index (κ2) is 6.70. The van der Waals surface area contributed by atoms with Gasteiger partial charge in [0, 0.05) is 5.92 Å². The van der Waals surface area contributed by atoms with E-state index in [1.807, 2.05) is 0 Å². The van der Waals surface area contributed by atoms with Crippen molar-refractivity contribution in [2.45, 2.75) is 108 Å². The first kappa shape index (κ1) is 17.5. The Hall–Kier alpha value is 0.107. The van der Waals surface area contributed by atoms with Crippen LogP contribution in [0, 0.1) is 5.92 Å². The highest BCUT2D eigenvalue weighted by Crippen LogP contribution is 2.49. The quantitative estimate of drug-likeness (QED) is 0.569. The van der Waals surface area contributed by atoms with Crippen LogP contribution in [0.5, 0.6) is 0 Å². The fourth-order valence-electron chi connectivity index (χ4n) is 5.45. The van der Waals surface area contributed by atoms with E-state index < -0.39 is 14.2 Å². The molecule has 0 aromatic rings. The maximum Gasteiger partial charge on any atom is 0.131 e. The van der Waals surface area contributed by atoms with Gasteiger partial charge in [-0.25, -0.2) is 4.39 Å². The number of alkyl halides is 1. The van der Waals surface area contributed by atoms with Crippen LogP contribution in [-0.2, 0) is 4.74 Å². The zero-order valence-corrected chi connectivity index (χ0v) is 15.9. The molecule has 1 nitrogen and oxygen atoms in total. The van der Waals surface area contributed by atoms with Crippen molar-refractivity contribution in [2.75, 3.05) is 0 Å². The predicted octanol–water partition coefficient (Wildman–Crippen LogP) is 5.96.